The van der Waals surface area contributed by atoms with Crippen molar-refractivity contribution in [2.24, 2.45) is 23.0 Å². The first-order valence-electron chi connectivity index (χ1n) is 6.91. The van der Waals surface area contributed by atoms with Crippen LogP contribution < -0.4 is 5.73 Å². The topological polar surface area (TPSA) is 46.3 Å². The lowest BCUT2D eigenvalue weighted by atomic mass is 9.84. The molecule has 2 N–H and O–H groups in total. The largest absolute Gasteiger partial charge is 0.339 e. The van der Waals surface area contributed by atoms with Crippen molar-refractivity contribution >= 4 is 5.91 Å². The van der Waals surface area contributed by atoms with Gasteiger partial charge in [-0.05, 0) is 37.0 Å². The highest BCUT2D eigenvalue weighted by Gasteiger charge is 2.42. The molecule has 98 valence electrons. The summed E-state index contributed by atoms with van der Waals surface area (Å²) in [7, 11) is 0. The number of hydrogen-bond donors (Lipinski definition) is 1. The zero-order valence-electron chi connectivity index (χ0n) is 11.4. The van der Waals surface area contributed by atoms with Crippen LogP contribution in [0.1, 0.15) is 46.5 Å². The normalized spacial score (nSPS) is 29.8. The molecule has 0 spiro atoms. The van der Waals surface area contributed by atoms with Gasteiger partial charge in [-0.2, -0.15) is 0 Å². The Bertz CT molecular complexity index is 295. The van der Waals surface area contributed by atoms with E-state index in [-0.39, 0.29) is 11.3 Å². The van der Waals surface area contributed by atoms with Gasteiger partial charge in [0.25, 0.3) is 0 Å². The average molecular weight is 238 g/mol. The van der Waals surface area contributed by atoms with E-state index in [0.29, 0.717) is 18.5 Å². The third-order valence-electron chi connectivity index (χ3n) is 4.18. The molecular formula is C14H26N2O. The first-order valence-corrected chi connectivity index (χ1v) is 6.91. The third kappa shape index (κ3) is 2.82. The first kappa shape index (κ1) is 12.9. The standard InChI is InChI=1S/C14H26N2O/c1-14(2,3)7-11(8-15)13(17)16-9-10-4-5-12(16)6-10/h10-12H,4-9,15H2,1-3H3. The summed E-state index contributed by atoms with van der Waals surface area (Å²) in [5.74, 6) is 1.11. The second kappa shape index (κ2) is 4.60. The Hall–Kier alpha value is -0.570. The van der Waals surface area contributed by atoms with E-state index in [1.807, 2.05) is 0 Å². The minimum atomic E-state index is 0.0225. The van der Waals surface area contributed by atoms with Crippen LogP contribution in [0.4, 0.5) is 0 Å². The molecule has 17 heavy (non-hydrogen) atoms. The van der Waals surface area contributed by atoms with Crippen molar-refractivity contribution in [3.05, 3.63) is 0 Å². The zero-order chi connectivity index (χ0) is 12.6. The lowest BCUT2D eigenvalue weighted by Gasteiger charge is -2.32. The molecule has 3 atom stereocenters. The maximum Gasteiger partial charge on any atom is 0.227 e. The van der Waals surface area contributed by atoms with E-state index in [2.05, 4.69) is 25.7 Å². The molecule has 1 saturated heterocycles. The minimum absolute atomic E-state index is 0.0225. The van der Waals surface area contributed by atoms with E-state index in [1.165, 1.54) is 19.3 Å². The molecule has 1 heterocycles. The Morgan fingerprint density at radius 2 is 2.12 bits per heavy atom. The average Bonchev–Trinajstić information content (AvgIpc) is 2.85. The smallest absolute Gasteiger partial charge is 0.227 e. The molecule has 2 aliphatic rings. The third-order valence-corrected chi connectivity index (χ3v) is 4.18. The van der Waals surface area contributed by atoms with E-state index in [9.17, 15) is 4.79 Å². The van der Waals surface area contributed by atoms with Crippen molar-refractivity contribution in [1.82, 2.24) is 4.90 Å². The molecule has 2 rings (SSSR count). The van der Waals surface area contributed by atoms with Crippen molar-refractivity contribution in [2.45, 2.75) is 52.5 Å². The molecule has 3 heteroatoms. The Kier molecular flexibility index (Phi) is 3.48. The number of fused-ring (bicyclic) bond motifs is 2. The summed E-state index contributed by atoms with van der Waals surface area (Å²) in [5, 5.41) is 0. The molecule has 1 saturated carbocycles. The number of nitrogens with two attached hydrogens (primary N) is 1. The molecule has 1 aliphatic carbocycles. The monoisotopic (exact) mass is 238 g/mol. The molecule has 1 aliphatic heterocycles. The summed E-state index contributed by atoms with van der Waals surface area (Å²) in [6.07, 6.45) is 4.67. The van der Waals surface area contributed by atoms with Crippen LogP contribution in [0.15, 0.2) is 0 Å². The molecule has 3 unspecified atom stereocenters. The van der Waals surface area contributed by atoms with E-state index in [1.54, 1.807) is 0 Å². The van der Waals surface area contributed by atoms with Crippen molar-refractivity contribution in [1.29, 1.82) is 0 Å². The molecule has 1 amide bonds. The van der Waals surface area contributed by atoms with Crippen LogP contribution in [0.2, 0.25) is 0 Å². The van der Waals surface area contributed by atoms with Gasteiger partial charge >= 0.3 is 0 Å². The fourth-order valence-corrected chi connectivity index (χ4v) is 3.44. The number of carbonyl (C=O) groups excluding carboxylic acids is 1. The fraction of sp³-hybridized carbons (Fsp3) is 0.929. The summed E-state index contributed by atoms with van der Waals surface area (Å²) < 4.78 is 0. The number of amides is 1. The van der Waals surface area contributed by atoms with E-state index >= 15 is 0 Å². The summed E-state index contributed by atoms with van der Waals surface area (Å²) in [6, 6.07) is 0.529. The maximum absolute atomic E-state index is 12.5. The summed E-state index contributed by atoms with van der Waals surface area (Å²) in [4.78, 5) is 14.6. The first-order chi connectivity index (χ1) is 7.90. The van der Waals surface area contributed by atoms with Crippen LogP contribution in [0.5, 0.6) is 0 Å². The second-order valence-corrected chi connectivity index (χ2v) is 7.02. The number of carbonyl (C=O) groups is 1. The fourth-order valence-electron chi connectivity index (χ4n) is 3.44. The van der Waals surface area contributed by atoms with Gasteiger partial charge < -0.3 is 10.6 Å². The summed E-state index contributed by atoms with van der Waals surface area (Å²) in [6.45, 7) is 8.02. The highest BCUT2D eigenvalue weighted by atomic mass is 16.2. The Labute approximate surface area is 105 Å². The van der Waals surface area contributed by atoms with Gasteiger partial charge in [-0.15, -0.1) is 0 Å². The molecule has 0 aromatic rings. The number of nitrogens with zero attached hydrogens (tertiary/aromatic N) is 1. The molecule has 0 aromatic carbocycles. The van der Waals surface area contributed by atoms with Gasteiger partial charge in [-0.1, -0.05) is 20.8 Å². The van der Waals surface area contributed by atoms with E-state index < -0.39 is 0 Å². The lowest BCUT2D eigenvalue weighted by molar-refractivity contribution is -0.137. The molecule has 3 nitrogen and oxygen atoms in total. The van der Waals surface area contributed by atoms with Crippen molar-refractivity contribution in [2.75, 3.05) is 13.1 Å². The van der Waals surface area contributed by atoms with Gasteiger partial charge in [-0.3, -0.25) is 4.79 Å². The number of piperidine rings is 1. The van der Waals surface area contributed by atoms with E-state index in [4.69, 9.17) is 5.73 Å². The van der Waals surface area contributed by atoms with Gasteiger partial charge in [0, 0.05) is 19.1 Å². The maximum atomic E-state index is 12.5. The highest BCUT2D eigenvalue weighted by Crippen LogP contribution is 2.38. The van der Waals surface area contributed by atoms with Crippen LogP contribution >= 0.6 is 0 Å². The Balaban J connectivity index is 1.98. The summed E-state index contributed by atoms with van der Waals surface area (Å²) in [5.41, 5.74) is 5.98. The van der Waals surface area contributed by atoms with Gasteiger partial charge in [-0.25, -0.2) is 0 Å². The van der Waals surface area contributed by atoms with Gasteiger partial charge in [0.15, 0.2) is 0 Å². The number of likely N-dealkylation sites (tertiary alicyclic amines) is 1. The summed E-state index contributed by atoms with van der Waals surface area (Å²) >= 11 is 0. The number of hydrogen-bond acceptors (Lipinski definition) is 2. The quantitative estimate of drug-likeness (QED) is 0.817. The van der Waals surface area contributed by atoms with Gasteiger partial charge in [0.05, 0.1) is 5.92 Å². The lowest BCUT2D eigenvalue weighted by Crippen LogP contribution is -2.44. The van der Waals surface area contributed by atoms with Crippen molar-refractivity contribution < 1.29 is 4.79 Å². The SMILES string of the molecule is CC(C)(C)CC(CN)C(=O)N1CC2CCC1C2. The van der Waals surface area contributed by atoms with Crippen molar-refractivity contribution in [3.63, 3.8) is 0 Å². The van der Waals surface area contributed by atoms with Crippen LogP contribution in [-0.2, 0) is 4.79 Å². The van der Waals surface area contributed by atoms with Crippen LogP contribution in [0.25, 0.3) is 0 Å². The van der Waals surface area contributed by atoms with E-state index in [0.717, 1.165) is 18.9 Å². The molecule has 2 fully saturated rings. The highest BCUT2D eigenvalue weighted by molar-refractivity contribution is 5.80. The van der Waals surface area contributed by atoms with Crippen LogP contribution in [0, 0.1) is 17.3 Å². The molecule has 0 aromatic heterocycles. The van der Waals surface area contributed by atoms with Crippen LogP contribution in [-0.4, -0.2) is 29.9 Å². The minimum Gasteiger partial charge on any atom is -0.339 e. The zero-order valence-corrected chi connectivity index (χ0v) is 11.4. The Morgan fingerprint density at radius 3 is 2.53 bits per heavy atom. The Morgan fingerprint density at radius 1 is 1.41 bits per heavy atom. The number of rotatable bonds is 3. The second-order valence-electron chi connectivity index (χ2n) is 7.02. The van der Waals surface area contributed by atoms with Crippen molar-refractivity contribution in [3.8, 4) is 0 Å². The predicted octanol–water partition coefficient (Wildman–Crippen LogP) is 2.01. The van der Waals surface area contributed by atoms with Gasteiger partial charge in [0.1, 0.15) is 0 Å². The molecule has 0 radical (unpaired) electrons. The van der Waals surface area contributed by atoms with Gasteiger partial charge in [0.2, 0.25) is 5.91 Å². The van der Waals surface area contributed by atoms with Crippen LogP contribution in [0.3, 0.4) is 0 Å². The predicted molar refractivity (Wildman–Crippen MR) is 69.5 cm³/mol. The molecule has 2 bridgehead atoms. The molecular weight excluding hydrogens is 212 g/mol.